The van der Waals surface area contributed by atoms with Crippen LogP contribution in [0.3, 0.4) is 0 Å². The first-order valence-corrected chi connectivity index (χ1v) is 8.05. The minimum atomic E-state index is -4.95. The van der Waals surface area contributed by atoms with E-state index in [1.54, 1.807) is 30.3 Å². The monoisotopic (exact) mass is 358 g/mol. The third-order valence-electron chi connectivity index (χ3n) is 3.07. The van der Waals surface area contributed by atoms with Gasteiger partial charge in [0.05, 0.1) is 6.61 Å². The second kappa shape index (κ2) is 6.95. The number of hydroxylamine groups is 1. The molecule has 10 nitrogen and oxygen atoms in total. The summed E-state index contributed by atoms with van der Waals surface area (Å²) >= 11 is 0. The molecule has 1 aliphatic rings. The van der Waals surface area contributed by atoms with E-state index in [4.69, 9.17) is 9.39 Å². The summed E-state index contributed by atoms with van der Waals surface area (Å²) in [6.45, 7) is 0.972. The van der Waals surface area contributed by atoms with E-state index in [1.165, 1.54) is 0 Å². The lowest BCUT2D eigenvalue weighted by atomic mass is 9.98. The molecule has 0 unspecified atom stereocenters. The normalized spacial score (nSPS) is 20.2. The zero-order chi connectivity index (χ0) is 17.9. The molecule has 0 aromatic heterocycles. The molecule has 11 heteroatoms. The molecule has 1 aromatic rings. The number of carbonyl (C=O) groups is 3. The van der Waals surface area contributed by atoms with E-state index in [0.29, 0.717) is 0 Å². The molecule has 2 atom stereocenters. The fourth-order valence-electron chi connectivity index (χ4n) is 2.04. The van der Waals surface area contributed by atoms with Crippen LogP contribution in [0.15, 0.2) is 30.3 Å². The van der Waals surface area contributed by atoms with Crippen molar-refractivity contribution in [1.82, 2.24) is 9.79 Å². The number of nitrogens with one attached hydrogen (secondary N) is 1. The van der Waals surface area contributed by atoms with Crippen LogP contribution >= 0.6 is 0 Å². The van der Waals surface area contributed by atoms with Gasteiger partial charge in [-0.1, -0.05) is 30.3 Å². The summed E-state index contributed by atoms with van der Waals surface area (Å²) in [5, 5.41) is 0. The Bertz CT molecular complexity index is 748. The quantitative estimate of drug-likeness (QED) is 0.226. The molecular weight excluding hydrogens is 344 g/mol. The average molecular weight is 358 g/mol. The molecule has 24 heavy (non-hydrogen) atoms. The largest absolute Gasteiger partial charge is 0.439 e. The minimum Gasteiger partial charge on any atom is -0.439 e. The van der Waals surface area contributed by atoms with E-state index in [2.05, 4.69) is 4.74 Å². The zero-order valence-electron chi connectivity index (χ0n) is 12.4. The van der Waals surface area contributed by atoms with E-state index < -0.39 is 40.2 Å². The summed E-state index contributed by atoms with van der Waals surface area (Å²) < 4.78 is 35.6. The standard InChI is InChI=1S/C13H14N2O8S/c1-8(16)23-13-10(12(18)15(13)24(19,20)21)11(17)14-22-7-9-5-3-2-4-6-9/h2-6,10,13H,7H2,1H3,(H,14,17)(H,19,20,21)/t10-,13-/m0/s1. The Morgan fingerprint density at radius 2 is 1.92 bits per heavy atom. The maximum atomic E-state index is 11.9. The van der Waals surface area contributed by atoms with Crippen molar-refractivity contribution in [2.45, 2.75) is 19.8 Å². The smallest absolute Gasteiger partial charge is 0.365 e. The lowest BCUT2D eigenvalue weighted by Gasteiger charge is -2.41. The SMILES string of the molecule is CC(=O)O[C@H]1[C@@H](C(=O)NOCc2ccccc2)C(=O)N1S(=O)(=O)O. The number of benzene rings is 1. The van der Waals surface area contributed by atoms with Crippen LogP contribution in [0.2, 0.25) is 0 Å². The molecule has 130 valence electrons. The maximum absolute atomic E-state index is 11.9. The molecule has 0 bridgehead atoms. The summed E-state index contributed by atoms with van der Waals surface area (Å²) in [5.41, 5.74) is 2.73. The van der Waals surface area contributed by atoms with Crippen molar-refractivity contribution in [1.29, 1.82) is 0 Å². The van der Waals surface area contributed by atoms with E-state index in [9.17, 15) is 22.8 Å². The highest BCUT2D eigenvalue weighted by Gasteiger charge is 2.59. The third kappa shape index (κ3) is 3.88. The third-order valence-corrected chi connectivity index (χ3v) is 3.96. The van der Waals surface area contributed by atoms with Crippen molar-refractivity contribution in [3.05, 3.63) is 35.9 Å². The van der Waals surface area contributed by atoms with Gasteiger partial charge in [-0.3, -0.25) is 23.8 Å². The Morgan fingerprint density at radius 3 is 2.46 bits per heavy atom. The molecule has 0 aliphatic carbocycles. The van der Waals surface area contributed by atoms with Gasteiger partial charge in [-0.15, -0.1) is 0 Å². The molecule has 0 radical (unpaired) electrons. The number of ether oxygens (including phenoxy) is 1. The summed E-state index contributed by atoms with van der Waals surface area (Å²) in [7, 11) is -4.95. The van der Waals surface area contributed by atoms with E-state index >= 15 is 0 Å². The fraction of sp³-hybridized carbons (Fsp3) is 0.308. The van der Waals surface area contributed by atoms with Crippen molar-refractivity contribution in [2.24, 2.45) is 5.92 Å². The number of β-lactam (4-membered cyclic amide) rings is 1. The van der Waals surface area contributed by atoms with Crippen LogP contribution in [0.4, 0.5) is 0 Å². The van der Waals surface area contributed by atoms with Gasteiger partial charge < -0.3 is 4.74 Å². The molecule has 0 saturated carbocycles. The van der Waals surface area contributed by atoms with Crippen LogP contribution in [-0.4, -0.2) is 41.3 Å². The fourth-order valence-corrected chi connectivity index (χ4v) is 2.81. The molecule has 2 N–H and O–H groups in total. The van der Waals surface area contributed by atoms with Gasteiger partial charge in [-0.25, -0.2) is 5.48 Å². The molecule has 1 heterocycles. The second-order valence-corrected chi connectivity index (χ2v) is 6.12. The summed E-state index contributed by atoms with van der Waals surface area (Å²) in [6.07, 6.45) is -1.76. The van der Waals surface area contributed by atoms with Gasteiger partial charge in [0.1, 0.15) is 0 Å². The summed E-state index contributed by atoms with van der Waals surface area (Å²) in [4.78, 5) is 39.6. The zero-order valence-corrected chi connectivity index (χ0v) is 13.2. The first-order chi connectivity index (χ1) is 11.2. The lowest BCUT2D eigenvalue weighted by molar-refractivity contribution is -0.189. The van der Waals surface area contributed by atoms with E-state index in [-0.39, 0.29) is 10.9 Å². The van der Waals surface area contributed by atoms with Gasteiger partial charge in [-0.2, -0.15) is 12.7 Å². The highest BCUT2D eigenvalue weighted by Crippen LogP contribution is 2.30. The van der Waals surface area contributed by atoms with Gasteiger partial charge in [-0.05, 0) is 5.56 Å². The van der Waals surface area contributed by atoms with Gasteiger partial charge in [0, 0.05) is 6.92 Å². The summed E-state index contributed by atoms with van der Waals surface area (Å²) in [6, 6.07) is 8.79. The average Bonchev–Trinajstić information content (AvgIpc) is 2.45. The first-order valence-electron chi connectivity index (χ1n) is 6.65. The van der Waals surface area contributed by atoms with Gasteiger partial charge in [0.25, 0.3) is 11.8 Å². The van der Waals surface area contributed by atoms with Gasteiger partial charge in [0.15, 0.2) is 5.92 Å². The number of hydrogen-bond acceptors (Lipinski definition) is 7. The second-order valence-electron chi connectivity index (χ2n) is 4.83. The van der Waals surface area contributed by atoms with Crippen LogP contribution in [0, 0.1) is 5.92 Å². The van der Waals surface area contributed by atoms with E-state index in [1.807, 2.05) is 5.48 Å². The number of rotatable bonds is 6. The lowest BCUT2D eigenvalue weighted by Crippen LogP contribution is -2.68. The highest BCUT2D eigenvalue weighted by atomic mass is 32.2. The van der Waals surface area contributed by atoms with Gasteiger partial charge >= 0.3 is 16.3 Å². The highest BCUT2D eigenvalue weighted by molar-refractivity contribution is 7.84. The van der Waals surface area contributed by atoms with Crippen LogP contribution < -0.4 is 5.48 Å². The molecule has 0 spiro atoms. The van der Waals surface area contributed by atoms with Crippen LogP contribution in [-0.2, 0) is 40.9 Å². The maximum Gasteiger partial charge on any atom is 0.365 e. The first kappa shape index (κ1) is 17.8. The molecule has 1 aromatic carbocycles. The number of amides is 2. The molecule has 1 fully saturated rings. The van der Waals surface area contributed by atoms with Crippen molar-refractivity contribution < 1.29 is 36.9 Å². The number of nitrogens with zero attached hydrogens (tertiary/aromatic N) is 1. The Kier molecular flexibility index (Phi) is 5.17. The predicted octanol–water partition coefficient (Wildman–Crippen LogP) is -0.615. The topological polar surface area (TPSA) is 139 Å². The molecule has 2 amide bonds. The Hall–Kier alpha value is -2.50. The van der Waals surface area contributed by atoms with E-state index in [0.717, 1.165) is 12.5 Å². The van der Waals surface area contributed by atoms with Crippen LogP contribution in [0.25, 0.3) is 0 Å². The summed E-state index contributed by atoms with van der Waals surface area (Å²) in [5.74, 6) is -4.79. The molecule has 2 rings (SSSR count). The van der Waals surface area contributed by atoms with Crippen molar-refractivity contribution >= 4 is 28.1 Å². The predicted molar refractivity (Wildman–Crippen MR) is 76.8 cm³/mol. The Morgan fingerprint density at radius 1 is 1.29 bits per heavy atom. The molecule has 1 aliphatic heterocycles. The van der Waals surface area contributed by atoms with Crippen molar-refractivity contribution in [3.63, 3.8) is 0 Å². The Labute approximate surface area is 137 Å². The molecule has 1 saturated heterocycles. The van der Waals surface area contributed by atoms with Crippen molar-refractivity contribution in [3.8, 4) is 0 Å². The van der Waals surface area contributed by atoms with Crippen molar-refractivity contribution in [2.75, 3.05) is 0 Å². The number of hydrogen-bond donors (Lipinski definition) is 2. The van der Waals surface area contributed by atoms with Crippen LogP contribution in [0.1, 0.15) is 12.5 Å². The number of esters is 1. The van der Waals surface area contributed by atoms with Crippen LogP contribution in [0.5, 0.6) is 0 Å². The Balaban J connectivity index is 1.99. The van der Waals surface area contributed by atoms with Gasteiger partial charge in [0.2, 0.25) is 6.23 Å². The minimum absolute atomic E-state index is 0.00767. The molecular formula is C13H14N2O8S. The number of carbonyl (C=O) groups excluding carboxylic acids is 3.